The van der Waals surface area contributed by atoms with E-state index in [1.807, 2.05) is 12.1 Å². The summed E-state index contributed by atoms with van der Waals surface area (Å²) in [5, 5.41) is 6.97. The van der Waals surface area contributed by atoms with E-state index in [4.69, 9.17) is 0 Å². The summed E-state index contributed by atoms with van der Waals surface area (Å²) in [4.78, 5) is 19.3. The molecule has 4 rings (SSSR count). The van der Waals surface area contributed by atoms with E-state index in [1.54, 1.807) is 13.1 Å². The van der Waals surface area contributed by atoms with Crippen LogP contribution in [0, 0.1) is 18.6 Å². The summed E-state index contributed by atoms with van der Waals surface area (Å²) in [7, 11) is 0. The van der Waals surface area contributed by atoms with Crippen molar-refractivity contribution in [2.75, 3.05) is 18.0 Å². The summed E-state index contributed by atoms with van der Waals surface area (Å²) >= 11 is 0. The number of hydrogen-bond acceptors (Lipinski definition) is 4. The molecular weight excluding hydrogens is 376 g/mol. The number of rotatable bonds is 5. The van der Waals surface area contributed by atoms with Crippen LogP contribution >= 0.6 is 0 Å². The lowest BCUT2D eigenvalue weighted by Crippen LogP contribution is -2.24. The molecule has 8 heteroatoms. The number of benzene rings is 1. The normalized spacial score (nSPS) is 13.7. The van der Waals surface area contributed by atoms with Gasteiger partial charge in [-0.3, -0.25) is 4.79 Å². The summed E-state index contributed by atoms with van der Waals surface area (Å²) in [5.74, 6) is -0.796. The molecule has 3 aromatic rings. The number of pyridine rings is 1. The van der Waals surface area contributed by atoms with Crippen LogP contribution in [0.25, 0.3) is 5.69 Å². The molecule has 1 N–H and O–H groups in total. The average molecular weight is 397 g/mol. The molecular formula is C21H21F2N5O. The number of hydrogen-bond donors (Lipinski definition) is 1. The summed E-state index contributed by atoms with van der Waals surface area (Å²) in [6.07, 6.45) is 5.46. The minimum absolute atomic E-state index is 0.0901. The van der Waals surface area contributed by atoms with E-state index in [-0.39, 0.29) is 11.6 Å². The predicted molar refractivity (Wildman–Crippen MR) is 105 cm³/mol. The maximum atomic E-state index is 14.1. The van der Waals surface area contributed by atoms with Gasteiger partial charge < -0.3 is 10.2 Å². The van der Waals surface area contributed by atoms with Crippen molar-refractivity contribution in [3.63, 3.8) is 0 Å². The van der Waals surface area contributed by atoms with E-state index >= 15 is 0 Å². The van der Waals surface area contributed by atoms with Gasteiger partial charge in [0, 0.05) is 31.9 Å². The minimum Gasteiger partial charge on any atom is -0.357 e. The fourth-order valence-electron chi connectivity index (χ4n) is 3.50. The lowest BCUT2D eigenvalue weighted by molar-refractivity contribution is 0.0950. The van der Waals surface area contributed by atoms with Crippen molar-refractivity contribution in [2.45, 2.75) is 26.3 Å². The second-order valence-corrected chi connectivity index (χ2v) is 7.05. The summed E-state index contributed by atoms with van der Waals surface area (Å²) < 4.78 is 28.5. The molecule has 0 unspecified atom stereocenters. The van der Waals surface area contributed by atoms with Crippen LogP contribution in [0.3, 0.4) is 0 Å². The quantitative estimate of drug-likeness (QED) is 0.717. The third-order valence-electron chi connectivity index (χ3n) is 5.09. The van der Waals surface area contributed by atoms with Gasteiger partial charge >= 0.3 is 0 Å². The molecule has 0 spiro atoms. The lowest BCUT2D eigenvalue weighted by atomic mass is 10.2. The van der Waals surface area contributed by atoms with Crippen LogP contribution in [0.5, 0.6) is 0 Å². The van der Waals surface area contributed by atoms with E-state index in [2.05, 4.69) is 20.3 Å². The van der Waals surface area contributed by atoms with Gasteiger partial charge in [0.15, 0.2) is 5.82 Å². The standard InChI is InChI=1S/C21H21F2N5O/c1-14-17(13-26-28(14)19-5-4-16(22)11-18(19)23)21(29)25-12-15-6-7-24-20(10-15)27-8-2-3-9-27/h4-7,10-11,13H,2-3,8-9,12H2,1H3,(H,25,29). The van der Waals surface area contributed by atoms with Crippen LogP contribution in [0.4, 0.5) is 14.6 Å². The van der Waals surface area contributed by atoms with E-state index in [1.165, 1.54) is 29.8 Å². The third kappa shape index (κ3) is 3.96. The molecule has 1 aromatic carbocycles. The Balaban J connectivity index is 1.47. The Morgan fingerprint density at radius 2 is 1.97 bits per heavy atom. The molecule has 29 heavy (non-hydrogen) atoms. The molecule has 2 aromatic heterocycles. The maximum absolute atomic E-state index is 14.1. The van der Waals surface area contributed by atoms with Gasteiger partial charge in [0.05, 0.1) is 17.5 Å². The number of nitrogens with zero attached hydrogens (tertiary/aromatic N) is 4. The number of amides is 1. The highest BCUT2D eigenvalue weighted by Gasteiger charge is 2.18. The van der Waals surface area contributed by atoms with Gasteiger partial charge in [-0.15, -0.1) is 0 Å². The van der Waals surface area contributed by atoms with Crippen LogP contribution in [0.15, 0.2) is 42.7 Å². The van der Waals surface area contributed by atoms with E-state index in [0.717, 1.165) is 36.6 Å². The number of nitrogens with one attached hydrogen (secondary N) is 1. The Kier molecular flexibility index (Phi) is 5.24. The first-order chi connectivity index (χ1) is 14.0. The van der Waals surface area contributed by atoms with Crippen LogP contribution in [0.1, 0.15) is 34.5 Å². The molecule has 1 aliphatic heterocycles. The Morgan fingerprint density at radius 1 is 1.17 bits per heavy atom. The van der Waals surface area contributed by atoms with E-state index in [9.17, 15) is 13.6 Å². The van der Waals surface area contributed by atoms with E-state index < -0.39 is 11.6 Å². The molecule has 3 heterocycles. The predicted octanol–water partition coefficient (Wildman–Crippen LogP) is 3.38. The molecule has 0 saturated carbocycles. The number of anilines is 1. The molecule has 150 valence electrons. The first-order valence-corrected chi connectivity index (χ1v) is 9.51. The van der Waals surface area contributed by atoms with Gasteiger partial charge in [0.2, 0.25) is 0 Å². The number of carbonyl (C=O) groups excluding carboxylic acids is 1. The molecule has 1 aliphatic rings. The largest absolute Gasteiger partial charge is 0.357 e. The van der Waals surface area contributed by atoms with Crippen molar-refractivity contribution in [1.29, 1.82) is 0 Å². The molecule has 0 radical (unpaired) electrons. The number of carbonyl (C=O) groups is 1. The van der Waals surface area contributed by atoms with Crippen molar-refractivity contribution in [2.24, 2.45) is 0 Å². The minimum atomic E-state index is -0.741. The van der Waals surface area contributed by atoms with Crippen molar-refractivity contribution in [3.05, 3.63) is 71.2 Å². The molecule has 6 nitrogen and oxygen atoms in total. The first kappa shape index (κ1) is 19.0. The third-order valence-corrected chi connectivity index (χ3v) is 5.09. The van der Waals surface area contributed by atoms with E-state index in [0.29, 0.717) is 17.8 Å². The van der Waals surface area contributed by atoms with Gasteiger partial charge in [-0.1, -0.05) is 0 Å². The van der Waals surface area contributed by atoms with Gasteiger partial charge in [-0.2, -0.15) is 5.10 Å². The molecule has 1 amide bonds. The summed E-state index contributed by atoms with van der Waals surface area (Å²) in [6, 6.07) is 7.08. The highest BCUT2D eigenvalue weighted by atomic mass is 19.1. The summed E-state index contributed by atoms with van der Waals surface area (Å²) in [5.41, 5.74) is 1.85. The Labute approximate surface area is 167 Å². The van der Waals surface area contributed by atoms with Crippen molar-refractivity contribution in [1.82, 2.24) is 20.1 Å². The van der Waals surface area contributed by atoms with Crippen molar-refractivity contribution >= 4 is 11.7 Å². The van der Waals surface area contributed by atoms with Crippen molar-refractivity contribution < 1.29 is 13.6 Å². The van der Waals surface area contributed by atoms with Gasteiger partial charge in [-0.05, 0) is 49.6 Å². The van der Waals surface area contributed by atoms with Gasteiger partial charge in [-0.25, -0.2) is 18.4 Å². The highest BCUT2D eigenvalue weighted by molar-refractivity contribution is 5.95. The molecule has 0 aliphatic carbocycles. The maximum Gasteiger partial charge on any atom is 0.255 e. The number of aromatic nitrogens is 3. The zero-order chi connectivity index (χ0) is 20.4. The second-order valence-electron chi connectivity index (χ2n) is 7.05. The Hall–Kier alpha value is -3.29. The Morgan fingerprint density at radius 3 is 2.72 bits per heavy atom. The van der Waals surface area contributed by atoms with Crippen LogP contribution in [0.2, 0.25) is 0 Å². The first-order valence-electron chi connectivity index (χ1n) is 9.51. The fourth-order valence-corrected chi connectivity index (χ4v) is 3.50. The Bertz CT molecular complexity index is 1040. The highest BCUT2D eigenvalue weighted by Crippen LogP contribution is 2.20. The van der Waals surface area contributed by atoms with Crippen LogP contribution in [-0.2, 0) is 6.54 Å². The van der Waals surface area contributed by atoms with Crippen LogP contribution < -0.4 is 10.2 Å². The number of halogens is 2. The molecule has 1 saturated heterocycles. The zero-order valence-corrected chi connectivity index (χ0v) is 16.0. The molecule has 0 bridgehead atoms. The fraction of sp³-hybridized carbons (Fsp3) is 0.286. The summed E-state index contributed by atoms with van der Waals surface area (Å²) in [6.45, 7) is 4.02. The van der Waals surface area contributed by atoms with Gasteiger partial charge in [0.25, 0.3) is 5.91 Å². The SMILES string of the molecule is Cc1c(C(=O)NCc2ccnc(N3CCCC3)c2)cnn1-c1ccc(F)cc1F. The lowest BCUT2D eigenvalue weighted by Gasteiger charge is -2.17. The molecule has 0 atom stereocenters. The smallest absolute Gasteiger partial charge is 0.255 e. The topological polar surface area (TPSA) is 63.1 Å². The zero-order valence-electron chi connectivity index (χ0n) is 16.0. The second kappa shape index (κ2) is 7.98. The monoisotopic (exact) mass is 397 g/mol. The van der Waals surface area contributed by atoms with Crippen molar-refractivity contribution in [3.8, 4) is 5.69 Å². The average Bonchev–Trinajstić information content (AvgIpc) is 3.37. The van der Waals surface area contributed by atoms with Gasteiger partial charge in [0.1, 0.15) is 17.3 Å². The van der Waals surface area contributed by atoms with Crippen LogP contribution in [-0.4, -0.2) is 33.8 Å². The molecule has 1 fully saturated rings.